The highest BCUT2D eigenvalue weighted by Crippen LogP contribution is 2.33. The van der Waals surface area contributed by atoms with E-state index in [1.165, 1.54) is 11.8 Å². The first-order valence-corrected chi connectivity index (χ1v) is 12.6. The number of halogens is 1. The van der Waals surface area contributed by atoms with Crippen LogP contribution in [0.5, 0.6) is 0 Å². The van der Waals surface area contributed by atoms with Gasteiger partial charge in [-0.1, -0.05) is 53.7 Å². The van der Waals surface area contributed by atoms with Crippen LogP contribution in [0.25, 0.3) is 0 Å². The second-order valence-electron chi connectivity index (χ2n) is 7.94. The minimum Gasteiger partial charge on any atom is -0.462 e. The van der Waals surface area contributed by atoms with Crippen molar-refractivity contribution in [2.24, 2.45) is 4.99 Å². The molecule has 0 aliphatic carbocycles. The van der Waals surface area contributed by atoms with Gasteiger partial charge in [0, 0.05) is 17.1 Å². The Labute approximate surface area is 218 Å². The average Bonchev–Trinajstić information content (AvgIpc) is 3.15. The van der Waals surface area contributed by atoms with E-state index in [4.69, 9.17) is 16.3 Å². The fourth-order valence-corrected chi connectivity index (χ4v) is 4.82. The van der Waals surface area contributed by atoms with Gasteiger partial charge in [-0.25, -0.2) is 9.79 Å². The molecule has 1 saturated heterocycles. The van der Waals surface area contributed by atoms with Crippen molar-refractivity contribution >= 4 is 57.7 Å². The maximum absolute atomic E-state index is 13.3. The highest BCUT2D eigenvalue weighted by Gasteiger charge is 2.39. The summed E-state index contributed by atoms with van der Waals surface area (Å²) in [7, 11) is 0. The normalized spacial score (nSPS) is 16.3. The zero-order chi connectivity index (χ0) is 25.5. The molecule has 9 heteroatoms. The van der Waals surface area contributed by atoms with Crippen LogP contribution in [0.4, 0.5) is 11.4 Å². The summed E-state index contributed by atoms with van der Waals surface area (Å²) in [5.41, 5.74) is 2.55. The van der Waals surface area contributed by atoms with Crippen molar-refractivity contribution in [2.75, 3.05) is 11.9 Å². The van der Waals surface area contributed by atoms with Gasteiger partial charge in [0.15, 0.2) is 5.17 Å². The Bertz CT molecular complexity index is 1260. The SMILES string of the molecule is CCOC(=O)c1ccc(N=C2S[C@@H](CC(=O)Nc3ccccc3)C(=O)N2Cc2ccc(Cl)cc2)cc1. The highest BCUT2D eigenvalue weighted by atomic mass is 35.5. The van der Waals surface area contributed by atoms with Crippen molar-refractivity contribution in [3.63, 3.8) is 0 Å². The van der Waals surface area contributed by atoms with Gasteiger partial charge in [0.1, 0.15) is 5.25 Å². The molecule has 0 unspecified atom stereocenters. The lowest BCUT2D eigenvalue weighted by Crippen LogP contribution is -2.33. The molecule has 1 fully saturated rings. The van der Waals surface area contributed by atoms with E-state index in [1.807, 2.05) is 30.3 Å². The van der Waals surface area contributed by atoms with Gasteiger partial charge in [-0.05, 0) is 61.0 Å². The van der Waals surface area contributed by atoms with Gasteiger partial charge in [0.25, 0.3) is 0 Å². The van der Waals surface area contributed by atoms with Crippen molar-refractivity contribution in [3.05, 3.63) is 95.0 Å². The van der Waals surface area contributed by atoms with Gasteiger partial charge in [-0.2, -0.15) is 0 Å². The third kappa shape index (κ3) is 6.53. The summed E-state index contributed by atoms with van der Waals surface area (Å²) in [6.45, 7) is 2.33. The number of carbonyl (C=O) groups excluding carboxylic acids is 3. The molecule has 1 aliphatic rings. The van der Waals surface area contributed by atoms with Crippen LogP contribution < -0.4 is 5.32 Å². The summed E-state index contributed by atoms with van der Waals surface area (Å²) in [4.78, 5) is 44.2. The molecule has 1 aliphatic heterocycles. The molecular weight excluding hydrogens is 498 g/mol. The molecule has 3 aromatic rings. The fraction of sp³-hybridized carbons (Fsp3) is 0.185. The number of carbonyl (C=O) groups is 3. The van der Waals surface area contributed by atoms with Crippen molar-refractivity contribution in [3.8, 4) is 0 Å². The summed E-state index contributed by atoms with van der Waals surface area (Å²) < 4.78 is 5.02. The largest absolute Gasteiger partial charge is 0.462 e. The number of rotatable bonds is 8. The van der Waals surface area contributed by atoms with Crippen LogP contribution in [-0.2, 0) is 20.9 Å². The van der Waals surface area contributed by atoms with Gasteiger partial charge in [0.2, 0.25) is 11.8 Å². The second-order valence-corrected chi connectivity index (χ2v) is 9.54. The third-order valence-corrected chi connectivity index (χ3v) is 6.73. The summed E-state index contributed by atoms with van der Waals surface area (Å²) in [6, 6.07) is 23.0. The number of esters is 1. The molecule has 1 N–H and O–H groups in total. The number of aliphatic imine (C=N–C) groups is 1. The Hall–Kier alpha value is -3.62. The molecule has 2 amide bonds. The molecule has 0 spiro atoms. The van der Waals surface area contributed by atoms with Gasteiger partial charge in [0.05, 0.1) is 24.4 Å². The first kappa shape index (κ1) is 25.5. The van der Waals surface area contributed by atoms with Crippen LogP contribution in [0.2, 0.25) is 5.02 Å². The van der Waals surface area contributed by atoms with E-state index in [2.05, 4.69) is 10.3 Å². The Morgan fingerprint density at radius 2 is 1.72 bits per heavy atom. The molecule has 0 bridgehead atoms. The van der Waals surface area contributed by atoms with E-state index in [9.17, 15) is 14.4 Å². The minimum atomic E-state index is -0.612. The van der Waals surface area contributed by atoms with E-state index >= 15 is 0 Å². The maximum Gasteiger partial charge on any atom is 0.338 e. The van der Waals surface area contributed by atoms with Crippen molar-refractivity contribution in [1.82, 2.24) is 4.90 Å². The number of amides is 2. The summed E-state index contributed by atoms with van der Waals surface area (Å²) >= 11 is 7.26. The lowest BCUT2D eigenvalue weighted by molar-refractivity contribution is -0.128. The molecule has 3 aromatic carbocycles. The minimum absolute atomic E-state index is 0.0102. The average molecular weight is 522 g/mol. The summed E-state index contributed by atoms with van der Waals surface area (Å²) in [6.07, 6.45) is 0.0102. The Morgan fingerprint density at radius 3 is 2.39 bits per heavy atom. The first-order valence-electron chi connectivity index (χ1n) is 11.4. The number of para-hydroxylation sites is 1. The van der Waals surface area contributed by atoms with Crippen molar-refractivity contribution < 1.29 is 19.1 Å². The van der Waals surface area contributed by atoms with E-state index in [0.717, 1.165) is 5.56 Å². The van der Waals surface area contributed by atoms with Crippen molar-refractivity contribution in [1.29, 1.82) is 0 Å². The molecule has 1 heterocycles. The Balaban J connectivity index is 1.54. The predicted molar refractivity (Wildman–Crippen MR) is 143 cm³/mol. The second kappa shape index (κ2) is 11.9. The van der Waals surface area contributed by atoms with Crippen LogP contribution in [0.1, 0.15) is 29.3 Å². The summed E-state index contributed by atoms with van der Waals surface area (Å²) in [5, 5.41) is 3.30. The monoisotopic (exact) mass is 521 g/mol. The van der Waals surface area contributed by atoms with E-state index < -0.39 is 11.2 Å². The number of hydrogen-bond acceptors (Lipinski definition) is 6. The van der Waals surface area contributed by atoms with Crippen LogP contribution in [0, 0.1) is 0 Å². The molecule has 7 nitrogen and oxygen atoms in total. The third-order valence-electron chi connectivity index (χ3n) is 5.31. The number of nitrogens with zero attached hydrogens (tertiary/aromatic N) is 2. The number of nitrogens with one attached hydrogen (secondary N) is 1. The predicted octanol–water partition coefficient (Wildman–Crippen LogP) is 5.68. The van der Waals surface area contributed by atoms with Gasteiger partial charge >= 0.3 is 5.97 Å². The van der Waals surface area contributed by atoms with Crippen molar-refractivity contribution in [2.45, 2.75) is 25.1 Å². The summed E-state index contributed by atoms with van der Waals surface area (Å²) in [5.74, 6) is -0.852. The molecule has 36 heavy (non-hydrogen) atoms. The molecule has 4 rings (SSSR count). The number of benzene rings is 3. The highest BCUT2D eigenvalue weighted by molar-refractivity contribution is 8.15. The van der Waals surface area contributed by atoms with Crippen LogP contribution in [0.3, 0.4) is 0 Å². The number of amidine groups is 1. The van der Waals surface area contributed by atoms with Crippen LogP contribution in [0.15, 0.2) is 83.9 Å². The molecule has 1 atom stereocenters. The van der Waals surface area contributed by atoms with Gasteiger partial charge in [-0.3, -0.25) is 14.5 Å². The molecular formula is C27H24ClN3O4S. The van der Waals surface area contributed by atoms with Gasteiger partial charge in [-0.15, -0.1) is 0 Å². The number of hydrogen-bond donors (Lipinski definition) is 1. The first-order chi connectivity index (χ1) is 17.4. The lowest BCUT2D eigenvalue weighted by atomic mass is 10.2. The zero-order valence-corrected chi connectivity index (χ0v) is 21.1. The smallest absolute Gasteiger partial charge is 0.338 e. The van der Waals surface area contributed by atoms with Gasteiger partial charge < -0.3 is 10.1 Å². The quantitative estimate of drug-likeness (QED) is 0.385. The Kier molecular flexibility index (Phi) is 8.40. The standard InChI is InChI=1S/C27H24ClN3O4S/c1-2-35-26(34)19-10-14-22(15-11-19)30-27-31(17-18-8-12-20(28)13-9-18)25(33)23(36-27)16-24(32)29-21-6-4-3-5-7-21/h3-15,23H,2,16-17H2,1H3,(H,29,32)/t23-/m0/s1. The zero-order valence-electron chi connectivity index (χ0n) is 19.5. The molecule has 0 aromatic heterocycles. The van der Waals surface area contributed by atoms with Crippen LogP contribution >= 0.6 is 23.4 Å². The molecule has 184 valence electrons. The lowest BCUT2D eigenvalue weighted by Gasteiger charge is -2.17. The molecule has 0 radical (unpaired) electrons. The Morgan fingerprint density at radius 1 is 1.03 bits per heavy atom. The number of ether oxygens (including phenoxy) is 1. The number of anilines is 1. The molecule has 0 saturated carbocycles. The van der Waals surface area contributed by atoms with E-state index in [0.29, 0.717) is 40.3 Å². The topological polar surface area (TPSA) is 88.1 Å². The fourth-order valence-electron chi connectivity index (χ4n) is 3.54. The number of thioether (sulfide) groups is 1. The van der Waals surface area contributed by atoms with Crippen LogP contribution in [-0.4, -0.2) is 39.7 Å². The van der Waals surface area contributed by atoms with E-state index in [-0.39, 0.29) is 18.2 Å². The maximum atomic E-state index is 13.3. The van der Waals surface area contributed by atoms with E-state index in [1.54, 1.807) is 60.4 Å².